The van der Waals surface area contributed by atoms with Gasteiger partial charge in [0.1, 0.15) is 16.4 Å². The molecule has 21 heavy (non-hydrogen) atoms. The molecule has 0 saturated carbocycles. The molecular formula is C15H28N2O3S. The Labute approximate surface area is 128 Å². The van der Waals surface area contributed by atoms with Crippen LogP contribution in [0.4, 0.5) is 0 Å². The Kier molecular flexibility index (Phi) is 6.43. The molecule has 0 amide bonds. The summed E-state index contributed by atoms with van der Waals surface area (Å²) in [4.78, 5) is 0.326. The van der Waals surface area contributed by atoms with Crippen molar-refractivity contribution in [2.45, 2.75) is 52.5 Å². The monoisotopic (exact) mass is 316 g/mol. The summed E-state index contributed by atoms with van der Waals surface area (Å²) in [6.45, 7) is 11.5. The van der Waals surface area contributed by atoms with E-state index < -0.39 is 10.0 Å². The van der Waals surface area contributed by atoms with E-state index in [1.165, 1.54) is 4.31 Å². The topological polar surface area (TPSA) is 62.6 Å². The first-order valence-corrected chi connectivity index (χ1v) is 8.91. The van der Waals surface area contributed by atoms with Crippen molar-refractivity contribution in [2.75, 3.05) is 20.1 Å². The summed E-state index contributed by atoms with van der Waals surface area (Å²) >= 11 is 0. The van der Waals surface area contributed by atoms with Crippen LogP contribution in [0, 0.1) is 19.8 Å². The molecule has 0 aliphatic heterocycles. The Hall–Kier alpha value is -0.850. The van der Waals surface area contributed by atoms with Crippen LogP contribution < -0.4 is 5.32 Å². The SMILES string of the molecule is CCCNCc1c(C)oc(C)c1S(=O)(=O)N(C)CC(C)C. The number of sulfonamides is 1. The molecule has 6 heteroatoms. The summed E-state index contributed by atoms with van der Waals surface area (Å²) in [7, 11) is -1.89. The minimum Gasteiger partial charge on any atom is -0.465 e. The van der Waals surface area contributed by atoms with Crippen molar-refractivity contribution in [1.82, 2.24) is 9.62 Å². The number of nitrogens with one attached hydrogen (secondary N) is 1. The van der Waals surface area contributed by atoms with Gasteiger partial charge in [0.05, 0.1) is 0 Å². The van der Waals surface area contributed by atoms with E-state index >= 15 is 0 Å². The number of furan rings is 1. The van der Waals surface area contributed by atoms with Gasteiger partial charge in [-0.2, -0.15) is 0 Å². The van der Waals surface area contributed by atoms with Gasteiger partial charge in [-0.3, -0.25) is 0 Å². The summed E-state index contributed by atoms with van der Waals surface area (Å²) in [5.74, 6) is 1.42. The molecule has 0 atom stereocenters. The predicted molar refractivity (Wildman–Crippen MR) is 84.8 cm³/mol. The zero-order valence-electron chi connectivity index (χ0n) is 14.0. The number of nitrogens with zero attached hydrogens (tertiary/aromatic N) is 1. The number of hydrogen-bond acceptors (Lipinski definition) is 4. The lowest BCUT2D eigenvalue weighted by Gasteiger charge is -2.19. The zero-order valence-corrected chi connectivity index (χ0v) is 14.8. The predicted octanol–water partition coefficient (Wildman–Crippen LogP) is 2.67. The van der Waals surface area contributed by atoms with E-state index in [9.17, 15) is 8.42 Å². The van der Waals surface area contributed by atoms with Gasteiger partial charge in [-0.15, -0.1) is 0 Å². The van der Waals surface area contributed by atoms with Crippen molar-refractivity contribution in [1.29, 1.82) is 0 Å². The number of hydrogen-bond donors (Lipinski definition) is 1. The van der Waals surface area contributed by atoms with Gasteiger partial charge in [-0.25, -0.2) is 12.7 Å². The lowest BCUT2D eigenvalue weighted by Crippen LogP contribution is -2.31. The van der Waals surface area contributed by atoms with Crippen LogP contribution in [-0.4, -0.2) is 32.9 Å². The Morgan fingerprint density at radius 2 is 1.86 bits per heavy atom. The Morgan fingerprint density at radius 3 is 2.38 bits per heavy atom. The lowest BCUT2D eigenvalue weighted by molar-refractivity contribution is 0.414. The summed E-state index contributed by atoms with van der Waals surface area (Å²) in [6.07, 6.45) is 1.01. The summed E-state index contributed by atoms with van der Waals surface area (Å²) in [6, 6.07) is 0. The Balaban J connectivity index is 3.16. The average molecular weight is 316 g/mol. The first-order valence-electron chi connectivity index (χ1n) is 7.47. The maximum atomic E-state index is 12.8. The average Bonchev–Trinajstić information content (AvgIpc) is 2.64. The molecule has 1 aromatic heterocycles. The van der Waals surface area contributed by atoms with Gasteiger partial charge in [0.15, 0.2) is 0 Å². The highest BCUT2D eigenvalue weighted by Gasteiger charge is 2.30. The van der Waals surface area contributed by atoms with E-state index in [-0.39, 0.29) is 5.92 Å². The van der Waals surface area contributed by atoms with Gasteiger partial charge in [0.2, 0.25) is 10.0 Å². The molecule has 0 fully saturated rings. The maximum absolute atomic E-state index is 12.8. The van der Waals surface area contributed by atoms with Crippen LogP contribution in [0.2, 0.25) is 0 Å². The second-order valence-electron chi connectivity index (χ2n) is 5.88. The van der Waals surface area contributed by atoms with Crippen LogP contribution in [0.3, 0.4) is 0 Å². The quantitative estimate of drug-likeness (QED) is 0.749. The molecule has 1 heterocycles. The molecule has 0 spiro atoms. The molecule has 1 N–H and O–H groups in total. The number of rotatable bonds is 8. The van der Waals surface area contributed by atoms with Crippen molar-refractivity contribution in [2.24, 2.45) is 5.92 Å². The van der Waals surface area contributed by atoms with Crippen LogP contribution in [0.5, 0.6) is 0 Å². The van der Waals surface area contributed by atoms with Gasteiger partial charge in [0, 0.05) is 25.7 Å². The van der Waals surface area contributed by atoms with Crippen LogP contribution in [0.1, 0.15) is 44.3 Å². The van der Waals surface area contributed by atoms with E-state index in [4.69, 9.17) is 4.42 Å². The third-order valence-electron chi connectivity index (χ3n) is 3.34. The van der Waals surface area contributed by atoms with Crippen LogP contribution in [-0.2, 0) is 16.6 Å². The van der Waals surface area contributed by atoms with Crippen LogP contribution in [0.15, 0.2) is 9.31 Å². The standard InChI is InChI=1S/C15H28N2O3S/c1-7-8-16-9-14-12(4)20-13(5)15(14)21(18,19)17(6)10-11(2)3/h11,16H,7-10H2,1-6H3. The van der Waals surface area contributed by atoms with Gasteiger partial charge in [0.25, 0.3) is 0 Å². The molecule has 0 aromatic carbocycles. The van der Waals surface area contributed by atoms with Gasteiger partial charge in [-0.1, -0.05) is 20.8 Å². The summed E-state index contributed by atoms with van der Waals surface area (Å²) in [5, 5.41) is 3.25. The molecule has 0 bridgehead atoms. The molecule has 5 nitrogen and oxygen atoms in total. The smallest absolute Gasteiger partial charge is 0.246 e. The van der Waals surface area contributed by atoms with Crippen molar-refractivity contribution in [3.63, 3.8) is 0 Å². The third-order valence-corrected chi connectivity index (χ3v) is 5.36. The Morgan fingerprint density at radius 1 is 1.24 bits per heavy atom. The first-order chi connectivity index (χ1) is 9.71. The van der Waals surface area contributed by atoms with Crippen LogP contribution in [0.25, 0.3) is 0 Å². The Bertz CT molecular complexity index is 562. The van der Waals surface area contributed by atoms with Gasteiger partial charge < -0.3 is 9.73 Å². The fourth-order valence-corrected chi connectivity index (χ4v) is 4.15. The molecule has 1 aromatic rings. The largest absolute Gasteiger partial charge is 0.465 e. The number of aryl methyl sites for hydroxylation is 2. The van der Waals surface area contributed by atoms with Crippen molar-refractivity contribution in [3.05, 3.63) is 17.1 Å². The van der Waals surface area contributed by atoms with Crippen molar-refractivity contribution >= 4 is 10.0 Å². The van der Waals surface area contributed by atoms with E-state index in [1.807, 2.05) is 20.8 Å². The van der Waals surface area contributed by atoms with E-state index in [0.717, 1.165) is 18.5 Å². The third kappa shape index (κ3) is 4.31. The molecule has 122 valence electrons. The minimum atomic E-state index is -3.51. The second kappa shape index (κ2) is 7.42. The zero-order chi connectivity index (χ0) is 16.2. The minimum absolute atomic E-state index is 0.278. The fourth-order valence-electron chi connectivity index (χ4n) is 2.41. The van der Waals surface area contributed by atoms with Gasteiger partial charge >= 0.3 is 0 Å². The highest BCUT2D eigenvalue weighted by Crippen LogP contribution is 2.29. The molecule has 0 aliphatic rings. The molecule has 0 saturated heterocycles. The highest BCUT2D eigenvalue weighted by molar-refractivity contribution is 7.89. The fraction of sp³-hybridized carbons (Fsp3) is 0.733. The van der Waals surface area contributed by atoms with E-state index in [2.05, 4.69) is 12.2 Å². The van der Waals surface area contributed by atoms with Gasteiger partial charge in [-0.05, 0) is 32.7 Å². The molecule has 0 aliphatic carbocycles. The summed E-state index contributed by atoms with van der Waals surface area (Å²) < 4.78 is 32.6. The molecule has 0 unspecified atom stereocenters. The van der Waals surface area contributed by atoms with E-state index in [1.54, 1.807) is 14.0 Å². The summed E-state index contributed by atoms with van der Waals surface area (Å²) in [5.41, 5.74) is 0.747. The highest BCUT2D eigenvalue weighted by atomic mass is 32.2. The maximum Gasteiger partial charge on any atom is 0.246 e. The van der Waals surface area contributed by atoms with Crippen molar-refractivity contribution in [3.8, 4) is 0 Å². The van der Waals surface area contributed by atoms with E-state index in [0.29, 0.717) is 29.5 Å². The van der Waals surface area contributed by atoms with Crippen LogP contribution >= 0.6 is 0 Å². The normalized spacial score (nSPS) is 12.6. The second-order valence-corrected chi connectivity index (χ2v) is 7.86. The first kappa shape index (κ1) is 18.2. The van der Waals surface area contributed by atoms with Crippen molar-refractivity contribution < 1.29 is 12.8 Å². The molecule has 0 radical (unpaired) electrons. The molecule has 1 rings (SSSR count). The molecular weight excluding hydrogens is 288 g/mol. The lowest BCUT2D eigenvalue weighted by atomic mass is 10.2.